The van der Waals surface area contributed by atoms with Gasteiger partial charge in [-0.05, 0) is 0 Å². The molecule has 0 bridgehead atoms. The summed E-state index contributed by atoms with van der Waals surface area (Å²) in [6.45, 7) is 1.66. The van der Waals surface area contributed by atoms with Crippen LogP contribution in [0, 0.1) is 0 Å². The Morgan fingerprint density at radius 1 is 1.12 bits per heavy atom. The molecule has 0 unspecified atom stereocenters. The summed E-state index contributed by atoms with van der Waals surface area (Å²) in [6, 6.07) is 10.2. The van der Waals surface area contributed by atoms with Gasteiger partial charge in [-0.1, -0.05) is 0 Å². The van der Waals surface area contributed by atoms with Crippen LogP contribution in [0.5, 0.6) is 0 Å². The maximum atomic E-state index is 11.6. The number of carbonyl (C=O) groups excluding carboxylic acids is 1. The number of carbonyl (C=O) groups is 1. The summed E-state index contributed by atoms with van der Waals surface area (Å²) in [5, 5.41) is 0. The van der Waals surface area contributed by atoms with Crippen molar-refractivity contribution in [1.29, 1.82) is 0 Å². The fraction of sp³-hybridized carbons (Fsp3) is 0.250. The van der Waals surface area contributed by atoms with Crippen molar-refractivity contribution in [1.82, 2.24) is 0 Å². The van der Waals surface area contributed by atoms with E-state index >= 15 is 0 Å². The van der Waals surface area contributed by atoms with E-state index in [2.05, 4.69) is 12.1 Å². The van der Waals surface area contributed by atoms with Crippen LogP contribution in [0.3, 0.4) is 0 Å². The van der Waals surface area contributed by atoms with Crippen molar-refractivity contribution >= 4 is 48.7 Å². The minimum atomic E-state index is 0.119. The Balaban J connectivity index is 2.97. The van der Waals surface area contributed by atoms with Gasteiger partial charge in [0.05, 0.1) is 0 Å². The number of benzene rings is 1. The molecule has 0 radical (unpaired) electrons. The Morgan fingerprint density at radius 2 is 1.69 bits per heavy atom. The molecule has 0 spiro atoms. The summed E-state index contributed by atoms with van der Waals surface area (Å²) in [5.41, 5.74) is 0. The summed E-state index contributed by atoms with van der Waals surface area (Å²) < 4.78 is 3.39. The van der Waals surface area contributed by atoms with Crippen molar-refractivity contribution in [3.05, 3.63) is 39.0 Å². The predicted molar refractivity (Wildman–Crippen MR) is 76.6 cm³/mol. The van der Waals surface area contributed by atoms with Gasteiger partial charge in [0.2, 0.25) is 0 Å². The topological polar surface area (TPSA) is 17.1 Å². The van der Waals surface area contributed by atoms with Crippen molar-refractivity contribution in [2.24, 2.45) is 0 Å². The van der Waals surface area contributed by atoms with Gasteiger partial charge in [-0.2, -0.15) is 0 Å². The van der Waals surface area contributed by atoms with Crippen LogP contribution in [-0.2, 0) is 4.79 Å². The van der Waals surface area contributed by atoms with Crippen molar-refractivity contribution < 1.29 is 4.79 Å². The number of thioether (sulfide) groups is 2. The van der Waals surface area contributed by atoms with Gasteiger partial charge in [0, 0.05) is 0 Å². The molecular formula is C12H14OS2Se. The SMILES string of the molecule is CSC(SC)=C([Se]c1ccccc1)C(C)=O. The molecule has 0 N–H and O–H groups in total. The molecule has 16 heavy (non-hydrogen) atoms. The quantitative estimate of drug-likeness (QED) is 0.613. The molecule has 0 saturated heterocycles. The van der Waals surface area contributed by atoms with Crippen LogP contribution in [0.4, 0.5) is 0 Å². The van der Waals surface area contributed by atoms with Crippen LogP contribution in [0.15, 0.2) is 39.0 Å². The summed E-state index contributed by atoms with van der Waals surface area (Å²) in [7, 11) is 0. The van der Waals surface area contributed by atoms with Gasteiger partial charge in [-0.3, -0.25) is 0 Å². The van der Waals surface area contributed by atoms with Crippen molar-refractivity contribution in [2.75, 3.05) is 12.5 Å². The van der Waals surface area contributed by atoms with Crippen LogP contribution >= 0.6 is 23.5 Å². The summed E-state index contributed by atoms with van der Waals surface area (Å²) in [6.07, 6.45) is 4.05. The first-order chi connectivity index (χ1) is 7.69. The second-order valence-corrected chi connectivity index (χ2v) is 7.16. The molecule has 0 amide bonds. The van der Waals surface area contributed by atoms with Gasteiger partial charge in [-0.25, -0.2) is 0 Å². The van der Waals surface area contributed by atoms with Crippen LogP contribution in [0.25, 0.3) is 0 Å². The van der Waals surface area contributed by atoms with Crippen LogP contribution < -0.4 is 4.46 Å². The Labute approximate surface area is 112 Å². The number of ketones is 1. The standard InChI is InChI=1S/C12H14OS2Se/c1-9(13)11(12(14-2)15-3)16-10-7-5-4-6-8-10/h4-8H,1-3H3. The third-order valence-corrected chi connectivity index (χ3v) is 7.10. The van der Waals surface area contributed by atoms with E-state index in [-0.39, 0.29) is 20.7 Å². The Kier molecular flexibility index (Phi) is 6.29. The van der Waals surface area contributed by atoms with Gasteiger partial charge in [0.25, 0.3) is 0 Å². The molecule has 0 atom stereocenters. The fourth-order valence-corrected chi connectivity index (χ4v) is 5.53. The van der Waals surface area contributed by atoms with Crippen molar-refractivity contribution in [3.8, 4) is 0 Å². The van der Waals surface area contributed by atoms with E-state index in [1.54, 1.807) is 30.4 Å². The molecule has 1 aromatic rings. The van der Waals surface area contributed by atoms with Crippen LogP contribution in [0.2, 0.25) is 0 Å². The average molecular weight is 317 g/mol. The number of hydrogen-bond donors (Lipinski definition) is 0. The van der Waals surface area contributed by atoms with Gasteiger partial charge >= 0.3 is 112 Å². The van der Waals surface area contributed by atoms with E-state index < -0.39 is 0 Å². The summed E-state index contributed by atoms with van der Waals surface area (Å²) in [5.74, 6) is 0.197. The Morgan fingerprint density at radius 3 is 2.12 bits per heavy atom. The fourth-order valence-electron chi connectivity index (χ4n) is 1.13. The molecule has 1 nitrogen and oxygen atoms in total. The first-order valence-electron chi connectivity index (χ1n) is 4.75. The maximum absolute atomic E-state index is 11.6. The molecule has 0 aliphatic heterocycles. The summed E-state index contributed by atoms with van der Waals surface area (Å²) >= 11 is 3.45. The average Bonchev–Trinajstić information content (AvgIpc) is 2.30. The first-order valence-corrected chi connectivity index (χ1v) is 8.91. The molecule has 4 heteroatoms. The number of hydrogen-bond acceptors (Lipinski definition) is 3. The Hall–Kier alpha value is -0.151. The molecule has 0 aliphatic carbocycles. The molecule has 86 valence electrons. The number of allylic oxidation sites excluding steroid dienone is 1. The molecule has 0 heterocycles. The van der Waals surface area contributed by atoms with Crippen LogP contribution in [-0.4, -0.2) is 33.3 Å². The molecule has 0 aliphatic rings. The first kappa shape index (κ1) is 13.9. The number of Topliss-reactive ketones (excluding diaryl/α,β-unsaturated/α-hetero) is 1. The summed E-state index contributed by atoms with van der Waals surface area (Å²) in [4.78, 5) is 11.6. The van der Waals surface area contributed by atoms with E-state index in [9.17, 15) is 4.79 Å². The molecular weight excluding hydrogens is 303 g/mol. The second-order valence-electron chi connectivity index (χ2n) is 3.00. The number of rotatable bonds is 5. The van der Waals surface area contributed by atoms with Crippen molar-refractivity contribution in [3.63, 3.8) is 0 Å². The zero-order valence-corrected chi connectivity index (χ0v) is 12.9. The molecule has 0 aromatic heterocycles. The molecule has 1 aromatic carbocycles. The monoisotopic (exact) mass is 318 g/mol. The zero-order valence-electron chi connectivity index (χ0n) is 9.52. The third kappa shape index (κ3) is 4.02. The predicted octanol–water partition coefficient (Wildman–Crippen LogP) is 2.50. The van der Waals surface area contributed by atoms with Gasteiger partial charge < -0.3 is 0 Å². The van der Waals surface area contributed by atoms with Gasteiger partial charge in [0.15, 0.2) is 0 Å². The molecule has 0 fully saturated rings. The van der Waals surface area contributed by atoms with E-state index in [4.69, 9.17) is 0 Å². The van der Waals surface area contributed by atoms with Crippen LogP contribution in [0.1, 0.15) is 6.92 Å². The van der Waals surface area contributed by atoms with E-state index in [1.165, 1.54) is 4.46 Å². The van der Waals surface area contributed by atoms with Gasteiger partial charge in [-0.15, -0.1) is 0 Å². The van der Waals surface area contributed by atoms with E-state index in [1.807, 2.05) is 30.7 Å². The van der Waals surface area contributed by atoms with E-state index in [0.29, 0.717) is 0 Å². The van der Waals surface area contributed by atoms with E-state index in [0.717, 1.165) is 8.71 Å². The Bertz CT molecular complexity index is 381. The third-order valence-electron chi connectivity index (χ3n) is 1.84. The minimum absolute atomic E-state index is 0.119. The normalized spacial score (nSPS) is 9.94. The van der Waals surface area contributed by atoms with Crippen molar-refractivity contribution in [2.45, 2.75) is 6.92 Å². The molecule has 0 saturated carbocycles. The second kappa shape index (κ2) is 7.23. The molecule has 1 rings (SSSR count). The zero-order chi connectivity index (χ0) is 12.0. The van der Waals surface area contributed by atoms with Gasteiger partial charge in [0.1, 0.15) is 0 Å².